The van der Waals surface area contributed by atoms with E-state index in [1.54, 1.807) is 0 Å². The number of carboxylic acid groups (broad SMARTS) is 1. The number of carboxylic acids is 1. The Hall–Kier alpha value is -0.570. The highest BCUT2D eigenvalue weighted by atomic mass is 16.4. The van der Waals surface area contributed by atoms with Gasteiger partial charge in [-0.2, -0.15) is 0 Å². The van der Waals surface area contributed by atoms with Crippen LogP contribution in [0.15, 0.2) is 0 Å². The van der Waals surface area contributed by atoms with Crippen molar-refractivity contribution < 1.29 is 15.6 Å². The average molecular weight is 133 g/mol. The molecule has 0 spiro atoms. The maximum Gasteiger partial charge on any atom is 0.0812 e. The summed E-state index contributed by atoms with van der Waals surface area (Å²) in [7, 11) is 0. The molecule has 0 bridgehead atoms. The minimum atomic E-state index is -1.08. The fraction of sp³-hybridized carbons (Fsp3) is 0.833. The minimum absolute atomic E-state index is 0.634. The molecule has 0 heterocycles. The first-order valence-electron chi connectivity index (χ1n) is 3.01. The van der Waals surface area contributed by atoms with Crippen LogP contribution in [0, 0.1) is 0 Å². The minimum Gasteiger partial charge on any atom is -0.550 e. The van der Waals surface area contributed by atoms with E-state index in [1.807, 2.05) is 0 Å². The Kier molecular flexibility index (Phi) is 9.29. The van der Waals surface area contributed by atoms with E-state index in [1.165, 1.54) is 6.42 Å². The largest absolute Gasteiger partial charge is 0.550 e. The monoisotopic (exact) mass is 133 g/mol. The third-order valence-electron chi connectivity index (χ3n) is 0.697. The molecule has 9 heavy (non-hydrogen) atoms. The first-order chi connectivity index (χ1) is 4.00. The molecule has 3 N–H and O–H groups in total. The van der Waals surface area contributed by atoms with E-state index in [4.69, 9.17) is 9.90 Å². The quantitative estimate of drug-likeness (QED) is 0.487. The molecule has 0 aromatic rings. The van der Waals surface area contributed by atoms with Gasteiger partial charge in [-0.1, -0.05) is 6.92 Å². The number of carbonyl (C=O) groups is 1. The van der Waals surface area contributed by atoms with Crippen LogP contribution >= 0.6 is 0 Å². The molecule has 0 aliphatic carbocycles. The van der Waals surface area contributed by atoms with E-state index in [0.29, 0.717) is 6.04 Å². The first-order valence-corrected chi connectivity index (χ1v) is 3.01. The molecule has 0 aliphatic rings. The number of carbonyl (C=O) groups excluding carboxylic acids is 1. The Bertz CT molecular complexity index is 67.5. The molecule has 0 aliphatic heterocycles. The summed E-state index contributed by atoms with van der Waals surface area (Å²) in [6, 6.07) is 0.634. The van der Waals surface area contributed by atoms with Crippen LogP contribution in [0.5, 0.6) is 0 Å². The Balaban J connectivity index is 0. The van der Waals surface area contributed by atoms with E-state index >= 15 is 0 Å². The normalized spacial score (nSPS) is 11.1. The first kappa shape index (κ1) is 11.3. The Morgan fingerprint density at radius 2 is 1.89 bits per heavy atom. The van der Waals surface area contributed by atoms with Crippen molar-refractivity contribution >= 4 is 5.97 Å². The van der Waals surface area contributed by atoms with Crippen molar-refractivity contribution in [3.8, 4) is 0 Å². The smallest absolute Gasteiger partial charge is 0.0812 e. The molecule has 0 aromatic carbocycles. The lowest BCUT2D eigenvalue weighted by Gasteiger charge is -1.87. The van der Waals surface area contributed by atoms with Crippen LogP contribution in [0.3, 0.4) is 0 Å². The van der Waals surface area contributed by atoms with Gasteiger partial charge >= 0.3 is 0 Å². The Labute approximate surface area is 55.9 Å². The molecule has 56 valence electrons. The lowest BCUT2D eigenvalue weighted by atomic mass is 10.3. The van der Waals surface area contributed by atoms with E-state index in [2.05, 4.69) is 19.6 Å². The Morgan fingerprint density at radius 3 is 1.89 bits per heavy atom. The van der Waals surface area contributed by atoms with E-state index in [0.717, 1.165) is 6.92 Å². The van der Waals surface area contributed by atoms with Gasteiger partial charge in [0.25, 0.3) is 0 Å². The molecule has 0 saturated heterocycles. The predicted molar refractivity (Wildman–Crippen MR) is 33.3 cm³/mol. The fourth-order valence-corrected chi connectivity index (χ4v) is 0. The van der Waals surface area contributed by atoms with Crippen molar-refractivity contribution in [3.63, 3.8) is 0 Å². The summed E-state index contributed by atoms with van der Waals surface area (Å²) in [5.74, 6) is -1.08. The van der Waals surface area contributed by atoms with Crippen molar-refractivity contribution in [2.24, 2.45) is 0 Å². The second kappa shape index (κ2) is 7.43. The second-order valence-corrected chi connectivity index (χ2v) is 2.01. The molecule has 1 atom stereocenters. The molecule has 0 amide bonds. The standard InChI is InChI=1S/C4H11N.C2H4O2/c1-3-4(2)5;1-2(3)4/h4H,3,5H2,1-2H3;1H3,(H,3,4). The number of quaternary nitrogens is 1. The van der Waals surface area contributed by atoms with E-state index in [9.17, 15) is 0 Å². The van der Waals surface area contributed by atoms with Gasteiger partial charge in [0.2, 0.25) is 0 Å². The summed E-state index contributed by atoms with van der Waals surface area (Å²) in [5.41, 5.74) is 3.76. The zero-order valence-electron chi connectivity index (χ0n) is 6.31. The SMILES string of the molecule is CC(=O)[O-].CCC(C)[NH3+]. The van der Waals surface area contributed by atoms with Crippen molar-refractivity contribution in [2.75, 3.05) is 0 Å². The zero-order valence-corrected chi connectivity index (χ0v) is 6.31. The van der Waals surface area contributed by atoms with Crippen molar-refractivity contribution in [3.05, 3.63) is 0 Å². The number of aliphatic carboxylic acids is 1. The lowest BCUT2D eigenvalue weighted by molar-refractivity contribution is -0.414. The maximum absolute atomic E-state index is 8.89. The molecule has 0 rings (SSSR count). The highest BCUT2D eigenvalue weighted by molar-refractivity contribution is 5.60. The van der Waals surface area contributed by atoms with Crippen molar-refractivity contribution in [1.82, 2.24) is 0 Å². The molecule has 0 fully saturated rings. The fourth-order valence-electron chi connectivity index (χ4n) is 0. The summed E-state index contributed by atoms with van der Waals surface area (Å²) < 4.78 is 0. The topological polar surface area (TPSA) is 67.8 Å². The maximum atomic E-state index is 8.89. The second-order valence-electron chi connectivity index (χ2n) is 2.01. The van der Waals surface area contributed by atoms with Crippen molar-refractivity contribution in [1.29, 1.82) is 0 Å². The van der Waals surface area contributed by atoms with Crippen LogP contribution < -0.4 is 10.8 Å². The molecule has 0 saturated carbocycles. The van der Waals surface area contributed by atoms with Gasteiger partial charge in [-0.25, -0.2) is 0 Å². The highest BCUT2D eigenvalue weighted by Crippen LogP contribution is 1.74. The van der Waals surface area contributed by atoms with Crippen LogP contribution in [0.25, 0.3) is 0 Å². The summed E-state index contributed by atoms with van der Waals surface area (Å²) in [5, 5.41) is 8.89. The van der Waals surface area contributed by atoms with Crippen LogP contribution in [-0.2, 0) is 4.79 Å². The van der Waals surface area contributed by atoms with Gasteiger partial charge in [0.05, 0.1) is 6.04 Å². The van der Waals surface area contributed by atoms with Crippen LogP contribution in [0.2, 0.25) is 0 Å². The van der Waals surface area contributed by atoms with Crippen LogP contribution in [-0.4, -0.2) is 12.0 Å². The number of hydrogen-bond donors (Lipinski definition) is 1. The van der Waals surface area contributed by atoms with E-state index < -0.39 is 5.97 Å². The molecule has 3 nitrogen and oxygen atoms in total. The average Bonchev–Trinajstić information content (AvgIpc) is 1.65. The molecule has 0 aromatic heterocycles. The lowest BCUT2D eigenvalue weighted by Crippen LogP contribution is -2.58. The number of hydrogen-bond acceptors (Lipinski definition) is 2. The summed E-state index contributed by atoms with van der Waals surface area (Å²) in [4.78, 5) is 8.89. The predicted octanol–water partition coefficient (Wildman–Crippen LogP) is -1.22. The molecule has 1 unspecified atom stereocenters. The van der Waals surface area contributed by atoms with Crippen LogP contribution in [0.4, 0.5) is 0 Å². The molecular formula is C6H15NO2. The van der Waals surface area contributed by atoms with Gasteiger partial charge in [-0.3, -0.25) is 0 Å². The molecular weight excluding hydrogens is 118 g/mol. The van der Waals surface area contributed by atoms with Crippen molar-refractivity contribution in [2.45, 2.75) is 33.2 Å². The van der Waals surface area contributed by atoms with Gasteiger partial charge in [0, 0.05) is 5.97 Å². The number of rotatable bonds is 1. The van der Waals surface area contributed by atoms with E-state index in [-0.39, 0.29) is 0 Å². The van der Waals surface area contributed by atoms with Gasteiger partial charge in [0.1, 0.15) is 0 Å². The summed E-state index contributed by atoms with van der Waals surface area (Å²) >= 11 is 0. The highest BCUT2D eigenvalue weighted by Gasteiger charge is 1.84. The van der Waals surface area contributed by atoms with Gasteiger partial charge in [0.15, 0.2) is 0 Å². The Morgan fingerprint density at radius 1 is 1.78 bits per heavy atom. The third kappa shape index (κ3) is 107. The molecule has 3 heteroatoms. The third-order valence-corrected chi connectivity index (χ3v) is 0.697. The summed E-state index contributed by atoms with van der Waals surface area (Å²) in [6.07, 6.45) is 1.19. The zero-order chi connectivity index (χ0) is 7.86. The molecule has 0 radical (unpaired) electrons. The van der Waals surface area contributed by atoms with Gasteiger partial charge in [-0.05, 0) is 20.3 Å². The van der Waals surface area contributed by atoms with Crippen LogP contribution in [0.1, 0.15) is 27.2 Å². The van der Waals surface area contributed by atoms with Gasteiger partial charge in [-0.15, -0.1) is 0 Å². The summed E-state index contributed by atoms with van der Waals surface area (Å²) in [6.45, 7) is 5.22. The van der Waals surface area contributed by atoms with Gasteiger partial charge < -0.3 is 15.6 Å².